The van der Waals surface area contributed by atoms with Gasteiger partial charge in [-0.2, -0.15) is 0 Å². The molecule has 6 heteroatoms. The van der Waals surface area contributed by atoms with E-state index in [0.29, 0.717) is 0 Å². The van der Waals surface area contributed by atoms with Crippen LogP contribution >= 0.6 is 11.3 Å². The van der Waals surface area contributed by atoms with E-state index in [1.165, 1.54) is 17.4 Å². The molecule has 0 fully saturated rings. The summed E-state index contributed by atoms with van der Waals surface area (Å²) in [6.07, 6.45) is 0.661. The highest BCUT2D eigenvalue weighted by Gasteiger charge is 2.24. The average molecular weight is 298 g/mol. The zero-order valence-corrected chi connectivity index (χ0v) is 12.0. The van der Waals surface area contributed by atoms with Gasteiger partial charge in [0.05, 0.1) is 11.6 Å². The summed E-state index contributed by atoms with van der Waals surface area (Å²) in [4.78, 5) is 4.22. The third kappa shape index (κ3) is 3.39. The fraction of sp³-hybridized carbons (Fsp3) is 0.357. The molecule has 1 aromatic carbocycles. The van der Waals surface area contributed by atoms with E-state index in [4.69, 9.17) is 0 Å². The molecule has 20 heavy (non-hydrogen) atoms. The summed E-state index contributed by atoms with van der Waals surface area (Å²) in [5.41, 5.74) is -0.347. The predicted octanol–water partition coefficient (Wildman–Crippen LogP) is 2.98. The van der Waals surface area contributed by atoms with Crippen molar-refractivity contribution in [2.45, 2.75) is 25.5 Å². The number of hydrogen-bond donors (Lipinski definition) is 2. The van der Waals surface area contributed by atoms with Crippen molar-refractivity contribution in [3.05, 3.63) is 52.0 Å². The lowest BCUT2D eigenvalue weighted by Gasteiger charge is -2.25. The van der Waals surface area contributed by atoms with Gasteiger partial charge in [0, 0.05) is 29.8 Å². The Bertz CT molecular complexity index is 573. The number of halogens is 2. The van der Waals surface area contributed by atoms with Gasteiger partial charge in [0.2, 0.25) is 0 Å². The number of rotatable bonds is 5. The van der Waals surface area contributed by atoms with Crippen LogP contribution in [0.3, 0.4) is 0 Å². The molecule has 1 atom stereocenters. The van der Waals surface area contributed by atoms with E-state index in [1.807, 2.05) is 19.2 Å². The summed E-state index contributed by atoms with van der Waals surface area (Å²) in [5, 5.41) is 15.9. The summed E-state index contributed by atoms with van der Waals surface area (Å²) >= 11 is 1.50. The Hall–Kier alpha value is -1.37. The number of nitrogens with zero attached hydrogens (tertiary/aromatic N) is 1. The van der Waals surface area contributed by atoms with Crippen molar-refractivity contribution >= 4 is 11.3 Å². The highest BCUT2D eigenvalue weighted by Crippen LogP contribution is 2.24. The topological polar surface area (TPSA) is 45.1 Å². The first-order chi connectivity index (χ1) is 9.40. The minimum atomic E-state index is -1.05. The summed E-state index contributed by atoms with van der Waals surface area (Å²) in [5.74, 6) is -1.40. The highest BCUT2D eigenvalue weighted by atomic mass is 32.1. The third-order valence-corrected chi connectivity index (χ3v) is 4.12. The van der Waals surface area contributed by atoms with E-state index in [0.717, 1.165) is 17.1 Å². The van der Waals surface area contributed by atoms with Gasteiger partial charge in [0.1, 0.15) is 16.6 Å². The van der Waals surface area contributed by atoms with Gasteiger partial charge in [0.15, 0.2) is 0 Å². The Morgan fingerprint density at radius 2 is 2.15 bits per heavy atom. The van der Waals surface area contributed by atoms with Gasteiger partial charge in [-0.05, 0) is 19.9 Å². The summed E-state index contributed by atoms with van der Waals surface area (Å²) in [6.45, 7) is 4.01. The fourth-order valence-electron chi connectivity index (χ4n) is 1.84. The monoisotopic (exact) mass is 298 g/mol. The van der Waals surface area contributed by atoms with Crippen molar-refractivity contribution in [1.29, 1.82) is 0 Å². The highest BCUT2D eigenvalue weighted by molar-refractivity contribution is 7.09. The number of benzene rings is 1. The molecule has 0 saturated carbocycles. The summed E-state index contributed by atoms with van der Waals surface area (Å²) in [7, 11) is 0. The van der Waals surface area contributed by atoms with Crippen molar-refractivity contribution < 1.29 is 13.9 Å². The van der Waals surface area contributed by atoms with E-state index in [-0.39, 0.29) is 12.1 Å². The van der Waals surface area contributed by atoms with Crippen LogP contribution in [-0.4, -0.2) is 16.6 Å². The van der Waals surface area contributed by atoms with Gasteiger partial charge in [-0.1, -0.05) is 6.07 Å². The molecular formula is C14H16F2N2OS. The molecule has 0 spiro atoms. The lowest BCUT2D eigenvalue weighted by Crippen LogP contribution is -2.39. The Kier molecular flexibility index (Phi) is 4.47. The lowest BCUT2D eigenvalue weighted by atomic mass is 10.0. The van der Waals surface area contributed by atoms with Gasteiger partial charge in [-0.3, -0.25) is 0 Å². The maximum absolute atomic E-state index is 13.6. The first kappa shape index (κ1) is 15.0. The Balaban J connectivity index is 2.03. The zero-order valence-electron chi connectivity index (χ0n) is 11.2. The molecule has 0 bridgehead atoms. The second-order valence-electron chi connectivity index (χ2n) is 5.02. The molecule has 3 nitrogen and oxygen atoms in total. The third-order valence-electron chi connectivity index (χ3n) is 3.03. The zero-order chi connectivity index (χ0) is 14.8. The van der Waals surface area contributed by atoms with E-state index in [9.17, 15) is 13.9 Å². The van der Waals surface area contributed by atoms with Gasteiger partial charge in [0.25, 0.3) is 0 Å². The van der Waals surface area contributed by atoms with Crippen LogP contribution < -0.4 is 5.32 Å². The fourth-order valence-corrected chi connectivity index (χ4v) is 2.58. The maximum atomic E-state index is 13.6. The Morgan fingerprint density at radius 1 is 1.40 bits per heavy atom. The van der Waals surface area contributed by atoms with Crippen molar-refractivity contribution in [3.63, 3.8) is 0 Å². The molecule has 0 saturated heterocycles. The number of aliphatic hydroxyl groups is 1. The molecule has 2 rings (SSSR count). The molecule has 0 aliphatic heterocycles. The standard InChI is InChI=1S/C14H16F2N2OS/c1-14(2,13-17-5-6-20-13)18-8-12(19)10-4-3-9(15)7-11(10)16/h3-7,12,18-19H,8H2,1-2H3. The molecule has 1 unspecified atom stereocenters. The van der Waals surface area contributed by atoms with Gasteiger partial charge < -0.3 is 10.4 Å². The first-order valence-corrected chi connectivity index (χ1v) is 7.06. The van der Waals surface area contributed by atoms with E-state index < -0.39 is 23.3 Å². The smallest absolute Gasteiger partial charge is 0.131 e. The van der Waals surface area contributed by atoms with Crippen LogP contribution in [0.15, 0.2) is 29.8 Å². The molecular weight excluding hydrogens is 282 g/mol. The Morgan fingerprint density at radius 3 is 2.75 bits per heavy atom. The number of aliphatic hydroxyl groups excluding tert-OH is 1. The maximum Gasteiger partial charge on any atom is 0.131 e. The molecule has 0 aliphatic rings. The van der Waals surface area contributed by atoms with Crippen LogP contribution in [0.1, 0.15) is 30.5 Å². The summed E-state index contributed by atoms with van der Waals surface area (Å²) < 4.78 is 26.4. The molecule has 1 aromatic heterocycles. The second-order valence-corrected chi connectivity index (χ2v) is 5.92. The molecule has 108 valence electrons. The Labute approximate surface area is 120 Å². The molecule has 2 N–H and O–H groups in total. The van der Waals surface area contributed by atoms with Gasteiger partial charge >= 0.3 is 0 Å². The molecule has 2 aromatic rings. The van der Waals surface area contributed by atoms with Gasteiger partial charge in [-0.25, -0.2) is 13.8 Å². The van der Waals surface area contributed by atoms with Crippen LogP contribution in [0.4, 0.5) is 8.78 Å². The number of nitrogens with one attached hydrogen (secondary N) is 1. The van der Waals surface area contributed by atoms with Crippen molar-refractivity contribution in [3.8, 4) is 0 Å². The number of thiazole rings is 1. The van der Waals surface area contributed by atoms with Crippen molar-refractivity contribution in [1.82, 2.24) is 10.3 Å². The SMILES string of the molecule is CC(C)(NCC(O)c1ccc(F)cc1F)c1nccs1. The molecule has 0 amide bonds. The minimum absolute atomic E-state index is 0.0776. The van der Waals surface area contributed by atoms with Crippen LogP contribution in [-0.2, 0) is 5.54 Å². The number of hydrogen-bond acceptors (Lipinski definition) is 4. The van der Waals surface area contributed by atoms with Crippen LogP contribution in [0.25, 0.3) is 0 Å². The molecule has 1 heterocycles. The van der Waals surface area contributed by atoms with Crippen LogP contribution in [0.5, 0.6) is 0 Å². The van der Waals surface area contributed by atoms with Crippen molar-refractivity contribution in [2.24, 2.45) is 0 Å². The summed E-state index contributed by atoms with van der Waals surface area (Å²) in [6, 6.07) is 3.16. The van der Waals surface area contributed by atoms with E-state index >= 15 is 0 Å². The minimum Gasteiger partial charge on any atom is -0.387 e. The number of aromatic nitrogens is 1. The first-order valence-electron chi connectivity index (χ1n) is 6.18. The van der Waals surface area contributed by atoms with E-state index in [2.05, 4.69) is 10.3 Å². The second kappa shape index (κ2) is 5.95. The normalized spacial score (nSPS) is 13.4. The van der Waals surface area contributed by atoms with Gasteiger partial charge in [-0.15, -0.1) is 11.3 Å². The van der Waals surface area contributed by atoms with Crippen LogP contribution in [0.2, 0.25) is 0 Å². The average Bonchev–Trinajstić information content (AvgIpc) is 2.90. The molecule has 0 radical (unpaired) electrons. The molecule has 0 aliphatic carbocycles. The predicted molar refractivity (Wildman–Crippen MR) is 74.5 cm³/mol. The largest absolute Gasteiger partial charge is 0.387 e. The van der Waals surface area contributed by atoms with E-state index in [1.54, 1.807) is 6.20 Å². The quantitative estimate of drug-likeness (QED) is 0.892. The lowest BCUT2D eigenvalue weighted by molar-refractivity contribution is 0.156. The van der Waals surface area contributed by atoms with Crippen LogP contribution in [0, 0.1) is 11.6 Å². The van der Waals surface area contributed by atoms with Crippen molar-refractivity contribution in [2.75, 3.05) is 6.54 Å².